The number of carbonyl (C=O) groups is 1. The fourth-order valence-corrected chi connectivity index (χ4v) is 3.73. The number of H-pyrrole nitrogens is 1. The standard InChI is InChI=1S/C22H20ClNO2S/c1-22(2,3)15-10-8-14(9-11-15)12-19-21(26)24-20(27-19)13-18(25)16-6-4-5-7-17(16)23/h4-13H,1-3H3,(H,24,26)/b19-12-,20-13-. The Morgan fingerprint density at radius 2 is 1.74 bits per heavy atom. The number of hydrogen-bond donors (Lipinski definition) is 1. The highest BCUT2D eigenvalue weighted by Gasteiger charge is 2.12. The summed E-state index contributed by atoms with van der Waals surface area (Å²) in [4.78, 5) is 27.3. The molecule has 0 amide bonds. The molecule has 3 nitrogen and oxygen atoms in total. The molecule has 0 unspecified atom stereocenters. The van der Waals surface area contributed by atoms with Crippen LogP contribution in [0.15, 0.2) is 53.3 Å². The Balaban J connectivity index is 1.95. The molecule has 5 heteroatoms. The third kappa shape index (κ3) is 4.65. The number of aromatic amines is 1. The average molecular weight is 398 g/mol. The van der Waals surface area contributed by atoms with Gasteiger partial charge >= 0.3 is 0 Å². The summed E-state index contributed by atoms with van der Waals surface area (Å²) in [5, 5.41) is 0.392. The first-order chi connectivity index (χ1) is 12.7. The highest BCUT2D eigenvalue weighted by atomic mass is 35.5. The highest BCUT2D eigenvalue weighted by molar-refractivity contribution is 7.07. The lowest BCUT2D eigenvalue weighted by atomic mass is 9.87. The first-order valence-corrected chi connectivity index (χ1v) is 9.75. The van der Waals surface area contributed by atoms with Crippen molar-refractivity contribution in [2.24, 2.45) is 0 Å². The van der Waals surface area contributed by atoms with E-state index in [-0.39, 0.29) is 16.8 Å². The molecule has 0 aliphatic carbocycles. The first kappa shape index (κ1) is 19.3. The summed E-state index contributed by atoms with van der Waals surface area (Å²) in [7, 11) is 0. The SMILES string of the molecule is CC(C)(C)c1ccc(/C=c2\s/c(=C\C(=O)c3ccccc3Cl)[nH]c2=O)cc1. The van der Waals surface area contributed by atoms with Crippen molar-refractivity contribution >= 4 is 40.9 Å². The molecule has 1 aromatic heterocycles. The largest absolute Gasteiger partial charge is 0.313 e. The first-order valence-electron chi connectivity index (χ1n) is 8.56. The van der Waals surface area contributed by atoms with Crippen molar-refractivity contribution < 1.29 is 4.79 Å². The molecule has 3 rings (SSSR count). The van der Waals surface area contributed by atoms with Crippen LogP contribution >= 0.6 is 22.9 Å². The number of Topliss-reactive ketones (excluding diaryl/α,β-unsaturated/α-hetero) is 1. The van der Waals surface area contributed by atoms with Gasteiger partial charge < -0.3 is 4.98 Å². The van der Waals surface area contributed by atoms with Crippen LogP contribution in [0.3, 0.4) is 0 Å². The van der Waals surface area contributed by atoms with Crippen LogP contribution in [0.4, 0.5) is 0 Å². The van der Waals surface area contributed by atoms with Crippen molar-refractivity contribution in [2.75, 3.05) is 0 Å². The van der Waals surface area contributed by atoms with Crippen molar-refractivity contribution in [3.63, 3.8) is 0 Å². The fraction of sp³-hybridized carbons (Fsp3) is 0.182. The van der Waals surface area contributed by atoms with Gasteiger partial charge in [0, 0.05) is 11.6 Å². The summed E-state index contributed by atoms with van der Waals surface area (Å²) in [6.45, 7) is 6.48. The average Bonchev–Trinajstić information content (AvgIpc) is 2.94. The van der Waals surface area contributed by atoms with Crippen molar-refractivity contribution in [1.82, 2.24) is 4.98 Å². The Kier molecular flexibility index (Phi) is 5.49. The van der Waals surface area contributed by atoms with Gasteiger partial charge in [0.25, 0.3) is 5.56 Å². The zero-order chi connectivity index (χ0) is 19.6. The molecule has 0 atom stereocenters. The predicted molar refractivity (Wildman–Crippen MR) is 113 cm³/mol. The summed E-state index contributed by atoms with van der Waals surface area (Å²) in [5.74, 6) is -0.237. The molecule has 0 aliphatic rings. The van der Waals surface area contributed by atoms with Gasteiger partial charge in [-0.25, -0.2) is 0 Å². The number of nitrogens with one attached hydrogen (secondary N) is 1. The van der Waals surface area contributed by atoms with Gasteiger partial charge in [-0.3, -0.25) is 9.59 Å². The third-order valence-electron chi connectivity index (χ3n) is 4.16. The quantitative estimate of drug-likeness (QED) is 0.682. The predicted octanol–water partition coefficient (Wildman–Crippen LogP) is 3.88. The van der Waals surface area contributed by atoms with Crippen LogP contribution in [0.25, 0.3) is 12.2 Å². The van der Waals surface area contributed by atoms with Gasteiger partial charge in [0.05, 0.1) is 14.2 Å². The van der Waals surface area contributed by atoms with E-state index in [0.717, 1.165) is 5.56 Å². The molecule has 138 valence electrons. The monoisotopic (exact) mass is 397 g/mol. The molecule has 0 radical (unpaired) electrons. The molecule has 0 saturated carbocycles. The number of aromatic nitrogens is 1. The number of benzene rings is 2. The highest BCUT2D eigenvalue weighted by Crippen LogP contribution is 2.22. The summed E-state index contributed by atoms with van der Waals surface area (Å²) in [5.41, 5.74) is 2.47. The summed E-state index contributed by atoms with van der Waals surface area (Å²) in [6, 6.07) is 15.0. The number of rotatable bonds is 3. The van der Waals surface area contributed by atoms with Crippen LogP contribution in [0.5, 0.6) is 0 Å². The molecule has 3 aromatic rings. The minimum atomic E-state index is -0.237. The molecule has 1 N–H and O–H groups in total. The van der Waals surface area contributed by atoms with Gasteiger partial charge in [0.15, 0.2) is 5.78 Å². The number of carbonyl (C=O) groups excluding carboxylic acids is 1. The van der Waals surface area contributed by atoms with E-state index in [1.165, 1.54) is 23.0 Å². The van der Waals surface area contributed by atoms with E-state index in [9.17, 15) is 9.59 Å². The summed E-state index contributed by atoms with van der Waals surface area (Å²) < 4.78 is 1.05. The van der Waals surface area contributed by atoms with E-state index in [4.69, 9.17) is 11.6 Å². The molecular formula is C22H20ClNO2S. The Bertz CT molecular complexity index is 1150. The Morgan fingerprint density at radius 3 is 2.37 bits per heavy atom. The Morgan fingerprint density at radius 1 is 1.07 bits per heavy atom. The van der Waals surface area contributed by atoms with E-state index < -0.39 is 0 Å². The second kappa shape index (κ2) is 7.67. The molecule has 0 saturated heterocycles. The van der Waals surface area contributed by atoms with Crippen molar-refractivity contribution in [3.05, 3.63) is 89.8 Å². The fourth-order valence-electron chi connectivity index (χ4n) is 2.61. The maximum Gasteiger partial charge on any atom is 0.266 e. The lowest BCUT2D eigenvalue weighted by Crippen LogP contribution is -2.20. The van der Waals surface area contributed by atoms with Gasteiger partial charge in [-0.15, -0.1) is 11.3 Å². The van der Waals surface area contributed by atoms with Gasteiger partial charge in [0.1, 0.15) is 0 Å². The minimum Gasteiger partial charge on any atom is -0.313 e. The van der Waals surface area contributed by atoms with Crippen molar-refractivity contribution in [2.45, 2.75) is 26.2 Å². The van der Waals surface area contributed by atoms with Gasteiger partial charge in [0.2, 0.25) is 0 Å². The molecule has 1 heterocycles. The Labute approximate surface area is 166 Å². The number of ketones is 1. The minimum absolute atomic E-state index is 0.0835. The van der Waals surface area contributed by atoms with E-state index in [1.54, 1.807) is 24.3 Å². The topological polar surface area (TPSA) is 49.9 Å². The third-order valence-corrected chi connectivity index (χ3v) is 5.45. The molecule has 0 fully saturated rings. The number of hydrogen-bond acceptors (Lipinski definition) is 3. The lowest BCUT2D eigenvalue weighted by Gasteiger charge is -2.18. The smallest absolute Gasteiger partial charge is 0.266 e. The van der Waals surface area contributed by atoms with E-state index in [1.807, 2.05) is 18.2 Å². The van der Waals surface area contributed by atoms with Crippen LogP contribution < -0.4 is 14.8 Å². The van der Waals surface area contributed by atoms with Crippen LogP contribution in [0.1, 0.15) is 42.3 Å². The van der Waals surface area contributed by atoms with Crippen LogP contribution in [0, 0.1) is 0 Å². The maximum atomic E-state index is 12.4. The second-order valence-corrected chi connectivity index (χ2v) is 8.78. The molecule has 0 aliphatic heterocycles. The summed E-state index contributed by atoms with van der Waals surface area (Å²) in [6.07, 6.45) is 3.24. The van der Waals surface area contributed by atoms with E-state index in [0.29, 0.717) is 19.8 Å². The van der Waals surface area contributed by atoms with Crippen molar-refractivity contribution in [3.8, 4) is 0 Å². The number of halogens is 1. The van der Waals surface area contributed by atoms with Crippen LogP contribution in [-0.4, -0.2) is 10.8 Å². The normalized spacial score (nSPS) is 13.2. The Hall–Kier alpha value is -2.43. The van der Waals surface area contributed by atoms with Crippen LogP contribution in [0.2, 0.25) is 5.02 Å². The van der Waals surface area contributed by atoms with Gasteiger partial charge in [-0.2, -0.15) is 0 Å². The molecular weight excluding hydrogens is 378 g/mol. The van der Waals surface area contributed by atoms with Crippen LogP contribution in [-0.2, 0) is 5.41 Å². The molecule has 27 heavy (non-hydrogen) atoms. The van der Waals surface area contributed by atoms with Gasteiger partial charge in [-0.05, 0) is 34.8 Å². The molecule has 2 aromatic carbocycles. The van der Waals surface area contributed by atoms with Gasteiger partial charge in [-0.1, -0.05) is 68.8 Å². The molecule has 0 spiro atoms. The molecule has 0 bridgehead atoms. The summed E-state index contributed by atoms with van der Waals surface area (Å²) >= 11 is 7.31. The second-order valence-electron chi connectivity index (χ2n) is 7.29. The lowest BCUT2D eigenvalue weighted by molar-refractivity contribution is 0.106. The van der Waals surface area contributed by atoms with E-state index >= 15 is 0 Å². The van der Waals surface area contributed by atoms with Crippen molar-refractivity contribution in [1.29, 1.82) is 0 Å². The number of thiazole rings is 1. The maximum absolute atomic E-state index is 12.4. The zero-order valence-electron chi connectivity index (χ0n) is 15.4. The zero-order valence-corrected chi connectivity index (χ0v) is 16.9. The van der Waals surface area contributed by atoms with E-state index in [2.05, 4.69) is 37.9 Å².